The second kappa shape index (κ2) is 16.1. The number of nitrogens with one attached hydrogen (secondary N) is 2. The van der Waals surface area contributed by atoms with Crippen LogP contribution in [0.15, 0.2) is 0 Å². The molecule has 2 heterocycles. The van der Waals surface area contributed by atoms with Crippen LogP contribution < -0.4 is 10.6 Å². The van der Waals surface area contributed by atoms with Gasteiger partial charge in [0.2, 0.25) is 18.1 Å². The SMILES string of the molecule is CC(=O)N[C@@H]1[C@@H](O[C@H]2[C@H](OC(C)=O)[C@@H](NC(C)=O)[C@@H](OC(C)=O)O[C@@H]2COC(C)=O)O[C@@H](COC(C)=O)C[C@H]1OC(C)=O. The van der Waals surface area contributed by atoms with Gasteiger partial charge in [-0.1, -0.05) is 0 Å². The van der Waals surface area contributed by atoms with Crippen LogP contribution in [0.1, 0.15) is 54.9 Å². The van der Waals surface area contributed by atoms with Crippen LogP contribution in [0, 0.1) is 0 Å². The topological polar surface area (TPSA) is 217 Å². The summed E-state index contributed by atoms with van der Waals surface area (Å²) < 4.78 is 44.6. The van der Waals surface area contributed by atoms with Crippen LogP contribution in [0.3, 0.4) is 0 Å². The molecule has 0 aromatic carbocycles. The number of hydrogen-bond donors (Lipinski definition) is 2. The molecule has 9 atom stereocenters. The fourth-order valence-electron chi connectivity index (χ4n) is 4.62. The fraction of sp³-hybridized carbons (Fsp3) is 0.731. The van der Waals surface area contributed by atoms with Crippen molar-refractivity contribution in [2.24, 2.45) is 0 Å². The molecule has 0 radical (unpaired) electrons. The highest BCUT2D eigenvalue weighted by molar-refractivity contribution is 5.74. The first-order valence-electron chi connectivity index (χ1n) is 13.4. The largest absolute Gasteiger partial charge is 0.463 e. The van der Waals surface area contributed by atoms with Crippen molar-refractivity contribution in [2.45, 2.75) is 110 Å². The van der Waals surface area contributed by atoms with Crippen molar-refractivity contribution in [3.63, 3.8) is 0 Å². The Labute approximate surface area is 247 Å². The number of hydrogen-bond acceptors (Lipinski definition) is 15. The van der Waals surface area contributed by atoms with Gasteiger partial charge in [0.25, 0.3) is 0 Å². The number of rotatable bonds is 11. The number of ether oxygens (including phenoxy) is 8. The molecule has 0 bridgehead atoms. The Morgan fingerprint density at radius 2 is 1.14 bits per heavy atom. The van der Waals surface area contributed by atoms with E-state index in [2.05, 4.69) is 10.6 Å². The predicted octanol–water partition coefficient (Wildman–Crippen LogP) is -1.23. The van der Waals surface area contributed by atoms with Crippen molar-refractivity contribution in [2.75, 3.05) is 13.2 Å². The lowest BCUT2D eigenvalue weighted by Gasteiger charge is -2.48. The highest BCUT2D eigenvalue weighted by Gasteiger charge is 2.54. The van der Waals surface area contributed by atoms with Crippen molar-refractivity contribution in [1.29, 1.82) is 0 Å². The van der Waals surface area contributed by atoms with Crippen LogP contribution in [-0.4, -0.2) is 110 Å². The van der Waals surface area contributed by atoms with Gasteiger partial charge in [-0.25, -0.2) is 0 Å². The summed E-state index contributed by atoms with van der Waals surface area (Å²) in [6.07, 6.45) is -9.10. The molecule has 2 N–H and O–H groups in total. The monoisotopic (exact) mass is 618 g/mol. The van der Waals surface area contributed by atoms with Gasteiger partial charge in [0.05, 0.1) is 6.10 Å². The molecule has 0 aromatic rings. The van der Waals surface area contributed by atoms with E-state index in [1.165, 1.54) is 13.8 Å². The Morgan fingerprint density at radius 3 is 1.65 bits per heavy atom. The van der Waals surface area contributed by atoms with E-state index in [0.717, 1.165) is 34.6 Å². The molecule has 0 aromatic heterocycles. The van der Waals surface area contributed by atoms with Gasteiger partial charge < -0.3 is 48.5 Å². The molecule has 0 saturated carbocycles. The number of amides is 2. The zero-order chi connectivity index (χ0) is 32.4. The van der Waals surface area contributed by atoms with Crippen molar-refractivity contribution in [3.8, 4) is 0 Å². The standard InChI is InChI=1S/C26H38N2O15/c1-11(29)27-21-19(38-15(5)33)8-18(9-36-13(3)31)41-25(21)43-23-20(10-37-14(4)32)42-26(40-17(7)35)22(28-12(2)30)24(23)39-16(6)34/h18-26H,8-10H2,1-7H3,(H,27,29)(H,28,30)/t18-,19-,20-,21+,22-,23-,24-,25-,26+/m1/s1. The summed E-state index contributed by atoms with van der Waals surface area (Å²) in [5.41, 5.74) is 0. The van der Waals surface area contributed by atoms with E-state index in [0.29, 0.717) is 0 Å². The molecule has 242 valence electrons. The minimum atomic E-state index is -1.52. The zero-order valence-electron chi connectivity index (χ0n) is 24.9. The number of carbonyl (C=O) groups excluding carboxylic acids is 7. The third-order valence-electron chi connectivity index (χ3n) is 6.02. The average molecular weight is 619 g/mol. The maximum atomic E-state index is 12.2. The van der Waals surface area contributed by atoms with Gasteiger partial charge in [0.1, 0.15) is 43.6 Å². The Kier molecular flexibility index (Phi) is 13.3. The van der Waals surface area contributed by atoms with Gasteiger partial charge in [-0.15, -0.1) is 0 Å². The summed E-state index contributed by atoms with van der Waals surface area (Å²) in [6.45, 7) is 7.25. The van der Waals surface area contributed by atoms with E-state index in [9.17, 15) is 33.6 Å². The van der Waals surface area contributed by atoms with Crippen LogP contribution in [-0.2, 0) is 71.5 Å². The molecule has 2 aliphatic rings. The van der Waals surface area contributed by atoms with E-state index in [-0.39, 0.29) is 13.0 Å². The molecule has 0 unspecified atom stereocenters. The van der Waals surface area contributed by atoms with E-state index in [4.69, 9.17) is 37.9 Å². The summed E-state index contributed by atoms with van der Waals surface area (Å²) in [5.74, 6) is -4.78. The maximum Gasteiger partial charge on any atom is 0.305 e. The molecule has 17 heteroatoms. The number of carbonyl (C=O) groups is 7. The molecular formula is C26H38N2O15. The molecule has 17 nitrogen and oxygen atoms in total. The van der Waals surface area contributed by atoms with E-state index in [1.54, 1.807) is 0 Å². The highest BCUT2D eigenvalue weighted by atomic mass is 16.7. The van der Waals surface area contributed by atoms with Gasteiger partial charge in [0, 0.05) is 54.9 Å². The van der Waals surface area contributed by atoms with E-state index < -0.39 is 103 Å². The molecule has 2 rings (SSSR count). The molecule has 43 heavy (non-hydrogen) atoms. The highest BCUT2D eigenvalue weighted by Crippen LogP contribution is 2.32. The first-order valence-corrected chi connectivity index (χ1v) is 13.4. The first-order chi connectivity index (χ1) is 20.1. The normalized spacial score (nSPS) is 30.2. The van der Waals surface area contributed by atoms with E-state index in [1.807, 2.05) is 0 Å². The minimum Gasteiger partial charge on any atom is -0.463 e. The van der Waals surface area contributed by atoms with Crippen molar-refractivity contribution >= 4 is 41.7 Å². The summed E-state index contributed by atoms with van der Waals surface area (Å²) in [4.78, 5) is 83.5. The molecule has 2 aliphatic heterocycles. The van der Waals surface area contributed by atoms with Crippen LogP contribution in [0.2, 0.25) is 0 Å². The lowest BCUT2D eigenvalue weighted by Crippen LogP contribution is -2.68. The third kappa shape index (κ3) is 11.4. The smallest absolute Gasteiger partial charge is 0.305 e. The molecular weight excluding hydrogens is 580 g/mol. The van der Waals surface area contributed by atoms with Crippen LogP contribution in [0.5, 0.6) is 0 Å². The summed E-state index contributed by atoms with van der Waals surface area (Å²) in [5, 5.41) is 5.14. The Balaban J connectivity index is 2.60. The molecule has 0 spiro atoms. The second-order valence-corrected chi connectivity index (χ2v) is 9.89. The van der Waals surface area contributed by atoms with Gasteiger partial charge in [-0.2, -0.15) is 0 Å². The van der Waals surface area contributed by atoms with Crippen molar-refractivity contribution < 1.29 is 71.5 Å². The van der Waals surface area contributed by atoms with Gasteiger partial charge in [-0.3, -0.25) is 33.6 Å². The van der Waals surface area contributed by atoms with Crippen LogP contribution in [0.4, 0.5) is 0 Å². The third-order valence-corrected chi connectivity index (χ3v) is 6.02. The molecule has 2 saturated heterocycles. The first kappa shape index (κ1) is 35.4. The van der Waals surface area contributed by atoms with Crippen molar-refractivity contribution in [1.82, 2.24) is 10.6 Å². The number of esters is 5. The zero-order valence-corrected chi connectivity index (χ0v) is 24.9. The molecule has 2 fully saturated rings. The summed E-state index contributed by atoms with van der Waals surface area (Å²) in [6, 6.07) is -2.47. The lowest BCUT2D eigenvalue weighted by atomic mass is 9.95. The summed E-state index contributed by atoms with van der Waals surface area (Å²) >= 11 is 0. The van der Waals surface area contributed by atoms with Crippen LogP contribution >= 0.6 is 0 Å². The summed E-state index contributed by atoms with van der Waals surface area (Å²) in [7, 11) is 0. The average Bonchev–Trinajstić information content (AvgIpc) is 2.85. The maximum absolute atomic E-state index is 12.2. The van der Waals surface area contributed by atoms with Gasteiger partial charge in [0.15, 0.2) is 12.4 Å². The van der Waals surface area contributed by atoms with Gasteiger partial charge >= 0.3 is 29.8 Å². The van der Waals surface area contributed by atoms with Gasteiger partial charge in [-0.05, 0) is 0 Å². The minimum absolute atomic E-state index is 0.00781. The molecule has 2 amide bonds. The van der Waals surface area contributed by atoms with E-state index >= 15 is 0 Å². The fourth-order valence-corrected chi connectivity index (χ4v) is 4.62. The predicted molar refractivity (Wildman–Crippen MR) is 138 cm³/mol. The second-order valence-electron chi connectivity index (χ2n) is 9.89. The Bertz CT molecular complexity index is 1070. The quantitative estimate of drug-likeness (QED) is 0.205. The molecule has 0 aliphatic carbocycles. The van der Waals surface area contributed by atoms with Crippen LogP contribution in [0.25, 0.3) is 0 Å². The Hall–Kier alpha value is -3.83. The van der Waals surface area contributed by atoms with Crippen molar-refractivity contribution in [3.05, 3.63) is 0 Å². The Morgan fingerprint density at radius 1 is 0.605 bits per heavy atom. The lowest BCUT2D eigenvalue weighted by molar-refractivity contribution is -0.320.